The van der Waals surface area contributed by atoms with Crippen molar-refractivity contribution in [3.63, 3.8) is 0 Å². The fourth-order valence-electron chi connectivity index (χ4n) is 2.73. The van der Waals surface area contributed by atoms with Crippen molar-refractivity contribution in [3.05, 3.63) is 53.5 Å². The molecule has 0 amide bonds. The zero-order valence-corrected chi connectivity index (χ0v) is 13.0. The predicted molar refractivity (Wildman–Crippen MR) is 81.2 cm³/mol. The Morgan fingerprint density at radius 2 is 1.95 bits per heavy atom. The number of Topliss-reactive ketones (excluding diaryl/α,β-unsaturated/α-hetero) is 1. The summed E-state index contributed by atoms with van der Waals surface area (Å²) in [5, 5.41) is 0. The highest BCUT2D eigenvalue weighted by Crippen LogP contribution is 2.31. The highest BCUT2D eigenvalue weighted by Gasteiger charge is 2.27. The number of rotatable bonds is 4. The van der Waals surface area contributed by atoms with E-state index in [1.165, 1.54) is 31.2 Å². The van der Waals surface area contributed by atoms with E-state index < -0.39 is 10.0 Å². The summed E-state index contributed by atoms with van der Waals surface area (Å²) >= 11 is 0. The van der Waals surface area contributed by atoms with Crippen LogP contribution in [0, 0.1) is 0 Å². The Balaban J connectivity index is 1.84. The van der Waals surface area contributed by atoms with E-state index in [4.69, 9.17) is 4.42 Å². The maximum Gasteiger partial charge on any atom is 0.241 e. The molecule has 3 rings (SSSR count). The lowest BCUT2D eigenvalue weighted by Crippen LogP contribution is -2.30. The van der Waals surface area contributed by atoms with E-state index in [0.717, 1.165) is 30.6 Å². The third-order valence-electron chi connectivity index (χ3n) is 3.92. The number of hydrogen-bond donors (Lipinski definition) is 1. The first-order chi connectivity index (χ1) is 10.5. The average molecular weight is 319 g/mol. The van der Waals surface area contributed by atoms with Gasteiger partial charge >= 0.3 is 0 Å². The van der Waals surface area contributed by atoms with E-state index >= 15 is 0 Å². The SMILES string of the molecule is CC(=O)c1ccc(S(=O)(=O)N[C@H]2CCCc3occc32)cc1. The molecule has 22 heavy (non-hydrogen) atoms. The Labute approximate surface area is 129 Å². The minimum atomic E-state index is -3.63. The van der Waals surface area contributed by atoms with Crippen LogP contribution in [0.4, 0.5) is 0 Å². The highest BCUT2D eigenvalue weighted by molar-refractivity contribution is 7.89. The summed E-state index contributed by atoms with van der Waals surface area (Å²) in [7, 11) is -3.63. The van der Waals surface area contributed by atoms with Gasteiger partial charge in [0, 0.05) is 17.5 Å². The highest BCUT2D eigenvalue weighted by atomic mass is 32.2. The summed E-state index contributed by atoms with van der Waals surface area (Å²) in [5.74, 6) is 0.762. The van der Waals surface area contributed by atoms with Crippen LogP contribution in [0.25, 0.3) is 0 Å². The normalized spacial score (nSPS) is 18.0. The molecule has 1 aliphatic carbocycles. The van der Waals surface area contributed by atoms with Gasteiger partial charge in [0.1, 0.15) is 5.76 Å². The van der Waals surface area contributed by atoms with Crippen molar-refractivity contribution in [3.8, 4) is 0 Å². The molecule has 0 fully saturated rings. The lowest BCUT2D eigenvalue weighted by Gasteiger charge is -2.22. The second-order valence-electron chi connectivity index (χ2n) is 5.45. The molecule has 2 aromatic rings. The van der Waals surface area contributed by atoms with E-state index in [0.29, 0.717) is 5.56 Å². The predicted octanol–water partition coefficient (Wildman–Crippen LogP) is 2.84. The van der Waals surface area contributed by atoms with Crippen molar-refractivity contribution in [2.45, 2.75) is 37.1 Å². The molecular formula is C16H17NO4S. The molecule has 1 heterocycles. The average Bonchev–Trinajstić information content (AvgIpc) is 2.96. The van der Waals surface area contributed by atoms with Gasteiger partial charge in [0.15, 0.2) is 5.78 Å². The zero-order valence-electron chi connectivity index (χ0n) is 12.2. The maximum atomic E-state index is 12.5. The van der Waals surface area contributed by atoms with Crippen LogP contribution in [0.2, 0.25) is 0 Å². The summed E-state index contributed by atoms with van der Waals surface area (Å²) in [6.45, 7) is 1.45. The van der Waals surface area contributed by atoms with Gasteiger partial charge in [-0.3, -0.25) is 4.79 Å². The number of carbonyl (C=O) groups excluding carboxylic acids is 1. The van der Waals surface area contributed by atoms with Crippen LogP contribution < -0.4 is 4.72 Å². The molecule has 0 radical (unpaired) electrons. The quantitative estimate of drug-likeness (QED) is 0.879. The topological polar surface area (TPSA) is 76.4 Å². The summed E-state index contributed by atoms with van der Waals surface area (Å²) < 4.78 is 33.1. The van der Waals surface area contributed by atoms with Crippen molar-refractivity contribution < 1.29 is 17.6 Å². The number of carbonyl (C=O) groups is 1. The Bertz CT molecular complexity index is 790. The molecule has 116 valence electrons. The molecule has 1 aromatic carbocycles. The number of furan rings is 1. The summed E-state index contributed by atoms with van der Waals surface area (Å²) in [4.78, 5) is 11.4. The van der Waals surface area contributed by atoms with Crippen molar-refractivity contribution in [2.24, 2.45) is 0 Å². The van der Waals surface area contributed by atoms with E-state index in [-0.39, 0.29) is 16.7 Å². The number of nitrogens with one attached hydrogen (secondary N) is 1. The van der Waals surface area contributed by atoms with Gasteiger partial charge in [-0.1, -0.05) is 12.1 Å². The largest absolute Gasteiger partial charge is 0.469 e. The molecule has 1 atom stereocenters. The second kappa shape index (κ2) is 5.70. The van der Waals surface area contributed by atoms with Gasteiger partial charge in [-0.05, 0) is 38.0 Å². The van der Waals surface area contributed by atoms with E-state index in [1.54, 1.807) is 6.26 Å². The Morgan fingerprint density at radius 1 is 1.23 bits per heavy atom. The van der Waals surface area contributed by atoms with E-state index in [2.05, 4.69) is 4.72 Å². The first-order valence-corrected chi connectivity index (χ1v) is 8.65. The van der Waals surface area contributed by atoms with E-state index in [9.17, 15) is 13.2 Å². The molecule has 5 nitrogen and oxygen atoms in total. The minimum Gasteiger partial charge on any atom is -0.469 e. The molecule has 0 saturated heterocycles. The van der Waals surface area contributed by atoms with Gasteiger partial charge in [0.25, 0.3) is 0 Å². The molecule has 0 unspecified atom stereocenters. The lowest BCUT2D eigenvalue weighted by molar-refractivity contribution is 0.101. The fourth-order valence-corrected chi connectivity index (χ4v) is 3.98. The van der Waals surface area contributed by atoms with Crippen LogP contribution in [-0.2, 0) is 16.4 Å². The van der Waals surface area contributed by atoms with Crippen LogP contribution in [0.5, 0.6) is 0 Å². The Kier molecular flexibility index (Phi) is 3.88. The monoisotopic (exact) mass is 319 g/mol. The Morgan fingerprint density at radius 3 is 2.64 bits per heavy atom. The van der Waals surface area contributed by atoms with Crippen molar-refractivity contribution in [1.29, 1.82) is 0 Å². The molecular weight excluding hydrogens is 302 g/mol. The maximum absolute atomic E-state index is 12.5. The molecule has 0 saturated carbocycles. The third kappa shape index (κ3) is 2.84. The second-order valence-corrected chi connectivity index (χ2v) is 7.16. The first-order valence-electron chi connectivity index (χ1n) is 7.17. The van der Waals surface area contributed by atoms with Crippen LogP contribution in [0.1, 0.15) is 47.5 Å². The minimum absolute atomic E-state index is 0.0905. The first kappa shape index (κ1) is 15.0. The van der Waals surface area contributed by atoms with Gasteiger partial charge in [0.05, 0.1) is 17.2 Å². The van der Waals surface area contributed by atoms with Crippen molar-refractivity contribution >= 4 is 15.8 Å². The number of fused-ring (bicyclic) bond motifs is 1. The van der Waals surface area contributed by atoms with Crippen LogP contribution in [0.3, 0.4) is 0 Å². The van der Waals surface area contributed by atoms with Gasteiger partial charge in [-0.25, -0.2) is 13.1 Å². The molecule has 1 aliphatic rings. The lowest BCUT2D eigenvalue weighted by atomic mass is 9.94. The van der Waals surface area contributed by atoms with Gasteiger partial charge in [-0.2, -0.15) is 0 Å². The van der Waals surface area contributed by atoms with Gasteiger partial charge in [0.2, 0.25) is 10.0 Å². The molecule has 0 aliphatic heterocycles. The fraction of sp³-hybridized carbons (Fsp3) is 0.312. The number of sulfonamides is 1. The van der Waals surface area contributed by atoms with Crippen LogP contribution in [0.15, 0.2) is 45.9 Å². The summed E-state index contributed by atoms with van der Waals surface area (Å²) in [6.07, 6.45) is 4.07. The summed E-state index contributed by atoms with van der Waals surface area (Å²) in [6, 6.07) is 7.53. The smallest absolute Gasteiger partial charge is 0.241 e. The molecule has 0 spiro atoms. The summed E-state index contributed by atoms with van der Waals surface area (Å²) in [5.41, 5.74) is 1.41. The molecule has 1 aromatic heterocycles. The van der Waals surface area contributed by atoms with Gasteiger partial charge in [-0.15, -0.1) is 0 Å². The third-order valence-corrected chi connectivity index (χ3v) is 5.41. The number of hydrogen-bond acceptors (Lipinski definition) is 4. The van der Waals surface area contributed by atoms with Crippen molar-refractivity contribution in [1.82, 2.24) is 4.72 Å². The van der Waals surface area contributed by atoms with Gasteiger partial charge < -0.3 is 4.42 Å². The molecule has 0 bridgehead atoms. The van der Waals surface area contributed by atoms with Crippen LogP contribution >= 0.6 is 0 Å². The van der Waals surface area contributed by atoms with E-state index in [1.807, 2.05) is 6.07 Å². The Hall–Kier alpha value is -1.92. The van der Waals surface area contributed by atoms with Crippen LogP contribution in [-0.4, -0.2) is 14.2 Å². The number of ketones is 1. The number of benzene rings is 1. The zero-order chi connectivity index (χ0) is 15.7. The molecule has 1 N–H and O–H groups in total. The number of aryl methyl sites for hydroxylation is 1. The molecule has 6 heteroatoms. The standard InChI is InChI=1S/C16H17NO4S/c1-11(18)12-5-7-13(8-6-12)22(19,20)17-15-3-2-4-16-14(15)9-10-21-16/h5-10,15,17H,2-4H2,1H3/t15-/m0/s1. The van der Waals surface area contributed by atoms with Crippen molar-refractivity contribution in [2.75, 3.05) is 0 Å².